The summed E-state index contributed by atoms with van der Waals surface area (Å²) in [6.07, 6.45) is 4.71. The molecular weight excluding hydrogens is 284 g/mol. The Balaban J connectivity index is 1.61. The molecule has 0 aliphatic rings. The van der Waals surface area contributed by atoms with Crippen LogP contribution in [0.15, 0.2) is 47.3 Å². The maximum atomic E-state index is 12.1. The highest BCUT2D eigenvalue weighted by atomic mass is 16.3. The molecule has 0 atom stereocenters. The molecule has 0 spiro atoms. The lowest BCUT2D eigenvalue weighted by Crippen LogP contribution is -2.33. The summed E-state index contributed by atoms with van der Waals surface area (Å²) in [4.78, 5) is 27.8. The standard InChI is InChI=1S/C15H14N4O3/c1-19-11-4-6-22-13(11)7-12(19)15(21)17-9-14(20)18-10-3-2-5-16-8-10/h2-8H,9H2,1H3,(H,17,21)(H,18,20). The first-order valence-electron chi connectivity index (χ1n) is 6.66. The van der Waals surface area contributed by atoms with E-state index in [0.717, 1.165) is 5.52 Å². The summed E-state index contributed by atoms with van der Waals surface area (Å²) in [5.41, 5.74) is 2.47. The minimum absolute atomic E-state index is 0.125. The molecule has 0 unspecified atom stereocenters. The van der Waals surface area contributed by atoms with Gasteiger partial charge in [-0.2, -0.15) is 0 Å². The highest BCUT2D eigenvalue weighted by Crippen LogP contribution is 2.19. The zero-order valence-corrected chi connectivity index (χ0v) is 11.9. The number of hydrogen-bond donors (Lipinski definition) is 2. The topological polar surface area (TPSA) is 89.2 Å². The molecule has 3 aromatic heterocycles. The van der Waals surface area contributed by atoms with E-state index in [9.17, 15) is 9.59 Å². The molecule has 7 heteroatoms. The van der Waals surface area contributed by atoms with E-state index >= 15 is 0 Å². The largest absolute Gasteiger partial charge is 0.463 e. The highest BCUT2D eigenvalue weighted by molar-refractivity contribution is 6.00. The quantitative estimate of drug-likeness (QED) is 0.764. The number of carbonyl (C=O) groups excluding carboxylic acids is 2. The molecule has 2 amide bonds. The summed E-state index contributed by atoms with van der Waals surface area (Å²) in [5, 5.41) is 5.22. The maximum absolute atomic E-state index is 12.1. The van der Waals surface area contributed by atoms with Crippen LogP contribution in [-0.4, -0.2) is 27.9 Å². The van der Waals surface area contributed by atoms with Gasteiger partial charge in [-0.1, -0.05) is 0 Å². The fourth-order valence-electron chi connectivity index (χ4n) is 2.16. The number of anilines is 1. The van der Waals surface area contributed by atoms with Gasteiger partial charge in [0.1, 0.15) is 5.69 Å². The average molecular weight is 298 g/mol. The molecule has 3 rings (SSSR count). The number of amides is 2. The summed E-state index contributed by atoms with van der Waals surface area (Å²) in [6, 6.07) is 6.86. The van der Waals surface area contributed by atoms with Crippen LogP contribution in [0.4, 0.5) is 5.69 Å². The van der Waals surface area contributed by atoms with Crippen LogP contribution in [0, 0.1) is 0 Å². The lowest BCUT2D eigenvalue weighted by molar-refractivity contribution is -0.115. The van der Waals surface area contributed by atoms with Gasteiger partial charge in [0.05, 0.1) is 30.2 Å². The van der Waals surface area contributed by atoms with Gasteiger partial charge in [0, 0.05) is 25.4 Å². The average Bonchev–Trinajstić information content (AvgIpc) is 3.09. The Morgan fingerprint density at radius 2 is 2.23 bits per heavy atom. The van der Waals surface area contributed by atoms with Gasteiger partial charge in [-0.3, -0.25) is 14.6 Å². The molecule has 22 heavy (non-hydrogen) atoms. The Bertz CT molecular complexity index is 820. The molecule has 0 radical (unpaired) electrons. The van der Waals surface area contributed by atoms with Crippen molar-refractivity contribution in [2.45, 2.75) is 0 Å². The summed E-state index contributed by atoms with van der Waals surface area (Å²) in [6.45, 7) is -0.125. The number of aromatic nitrogens is 2. The van der Waals surface area contributed by atoms with Crippen molar-refractivity contribution in [2.24, 2.45) is 7.05 Å². The fourth-order valence-corrected chi connectivity index (χ4v) is 2.16. The van der Waals surface area contributed by atoms with Crippen molar-refractivity contribution in [3.63, 3.8) is 0 Å². The summed E-state index contributed by atoms with van der Waals surface area (Å²) >= 11 is 0. The minimum Gasteiger partial charge on any atom is -0.463 e. The van der Waals surface area contributed by atoms with Crippen LogP contribution in [0.5, 0.6) is 0 Å². The van der Waals surface area contributed by atoms with E-state index in [0.29, 0.717) is 17.0 Å². The number of nitrogens with zero attached hydrogens (tertiary/aromatic N) is 2. The van der Waals surface area contributed by atoms with Crippen molar-refractivity contribution in [2.75, 3.05) is 11.9 Å². The Labute approximate surface area is 125 Å². The van der Waals surface area contributed by atoms with Crippen LogP contribution in [-0.2, 0) is 11.8 Å². The molecule has 3 heterocycles. The second-order valence-corrected chi connectivity index (χ2v) is 4.73. The molecule has 7 nitrogen and oxygen atoms in total. The molecular formula is C15H14N4O3. The van der Waals surface area contributed by atoms with Crippen molar-refractivity contribution in [3.05, 3.63) is 48.6 Å². The Kier molecular flexibility index (Phi) is 3.61. The van der Waals surface area contributed by atoms with Gasteiger partial charge in [-0.05, 0) is 12.1 Å². The first-order valence-corrected chi connectivity index (χ1v) is 6.66. The van der Waals surface area contributed by atoms with Crippen molar-refractivity contribution < 1.29 is 14.0 Å². The van der Waals surface area contributed by atoms with Gasteiger partial charge in [0.2, 0.25) is 5.91 Å². The van der Waals surface area contributed by atoms with E-state index in [1.165, 1.54) is 6.20 Å². The molecule has 0 fully saturated rings. The lowest BCUT2D eigenvalue weighted by atomic mass is 10.3. The van der Waals surface area contributed by atoms with Gasteiger partial charge in [-0.15, -0.1) is 0 Å². The van der Waals surface area contributed by atoms with E-state index in [1.54, 1.807) is 48.3 Å². The monoisotopic (exact) mass is 298 g/mol. The zero-order chi connectivity index (χ0) is 15.5. The summed E-state index contributed by atoms with van der Waals surface area (Å²) in [5.74, 6) is -0.658. The van der Waals surface area contributed by atoms with Crippen LogP contribution in [0.1, 0.15) is 10.5 Å². The van der Waals surface area contributed by atoms with Gasteiger partial charge in [-0.25, -0.2) is 0 Å². The SMILES string of the molecule is Cn1c(C(=O)NCC(=O)Nc2cccnc2)cc2occc21. The Hall–Kier alpha value is -3.09. The molecule has 3 aromatic rings. The predicted molar refractivity (Wildman–Crippen MR) is 80.4 cm³/mol. The van der Waals surface area contributed by atoms with Crippen molar-refractivity contribution in [1.82, 2.24) is 14.9 Å². The van der Waals surface area contributed by atoms with Crippen molar-refractivity contribution in [1.29, 1.82) is 0 Å². The van der Waals surface area contributed by atoms with Crippen LogP contribution < -0.4 is 10.6 Å². The number of fused-ring (bicyclic) bond motifs is 1. The second kappa shape index (κ2) is 5.72. The van der Waals surface area contributed by atoms with E-state index < -0.39 is 0 Å². The van der Waals surface area contributed by atoms with Crippen LogP contribution in [0.3, 0.4) is 0 Å². The van der Waals surface area contributed by atoms with Gasteiger partial charge in [0.15, 0.2) is 5.58 Å². The van der Waals surface area contributed by atoms with E-state index in [4.69, 9.17) is 4.42 Å². The number of aryl methyl sites for hydroxylation is 1. The molecule has 0 saturated carbocycles. The Morgan fingerprint density at radius 3 is 2.95 bits per heavy atom. The molecule has 0 aliphatic carbocycles. The number of carbonyl (C=O) groups is 2. The lowest BCUT2D eigenvalue weighted by Gasteiger charge is -2.07. The summed E-state index contributed by atoms with van der Waals surface area (Å²) in [7, 11) is 1.77. The van der Waals surface area contributed by atoms with Gasteiger partial charge >= 0.3 is 0 Å². The number of rotatable bonds is 4. The normalized spacial score (nSPS) is 10.6. The van der Waals surface area contributed by atoms with Crippen LogP contribution in [0.2, 0.25) is 0 Å². The molecule has 0 aromatic carbocycles. The van der Waals surface area contributed by atoms with Crippen LogP contribution >= 0.6 is 0 Å². The molecule has 112 valence electrons. The van der Waals surface area contributed by atoms with Gasteiger partial charge < -0.3 is 19.6 Å². The van der Waals surface area contributed by atoms with E-state index in [2.05, 4.69) is 15.6 Å². The van der Waals surface area contributed by atoms with Crippen molar-refractivity contribution in [3.8, 4) is 0 Å². The third-order valence-electron chi connectivity index (χ3n) is 3.25. The van der Waals surface area contributed by atoms with E-state index in [1.807, 2.05) is 0 Å². The predicted octanol–water partition coefficient (Wildman–Crippen LogP) is 1.53. The Morgan fingerprint density at radius 1 is 1.36 bits per heavy atom. The third kappa shape index (κ3) is 2.69. The first kappa shape index (κ1) is 13.9. The number of furan rings is 1. The molecule has 2 N–H and O–H groups in total. The minimum atomic E-state index is -0.338. The first-order chi connectivity index (χ1) is 10.6. The smallest absolute Gasteiger partial charge is 0.268 e. The molecule has 0 saturated heterocycles. The number of hydrogen-bond acceptors (Lipinski definition) is 4. The molecule has 0 bridgehead atoms. The second-order valence-electron chi connectivity index (χ2n) is 4.73. The zero-order valence-electron chi connectivity index (χ0n) is 11.9. The van der Waals surface area contributed by atoms with Gasteiger partial charge in [0.25, 0.3) is 5.91 Å². The van der Waals surface area contributed by atoms with E-state index in [-0.39, 0.29) is 18.4 Å². The number of pyridine rings is 1. The highest BCUT2D eigenvalue weighted by Gasteiger charge is 2.15. The number of nitrogens with one attached hydrogen (secondary N) is 2. The third-order valence-corrected chi connectivity index (χ3v) is 3.25. The fraction of sp³-hybridized carbons (Fsp3) is 0.133. The van der Waals surface area contributed by atoms with Crippen LogP contribution in [0.25, 0.3) is 11.1 Å². The molecule has 0 aliphatic heterocycles. The summed E-state index contributed by atoms with van der Waals surface area (Å²) < 4.78 is 6.96. The van der Waals surface area contributed by atoms with Crippen molar-refractivity contribution >= 4 is 28.6 Å². The maximum Gasteiger partial charge on any atom is 0.268 e.